The Morgan fingerprint density at radius 3 is 2.53 bits per heavy atom. The van der Waals surface area contributed by atoms with Crippen LogP contribution in [0.5, 0.6) is 0 Å². The van der Waals surface area contributed by atoms with E-state index in [0.717, 1.165) is 25.9 Å². The molecule has 2 amide bonds. The molecule has 1 fully saturated rings. The fourth-order valence-electron chi connectivity index (χ4n) is 1.85. The SMILES string of the molecule is O=C(Nc1ccc(F)cc1)NC1CCNCC1. The zero-order chi connectivity index (χ0) is 12.1. The van der Waals surface area contributed by atoms with E-state index in [0.29, 0.717) is 5.69 Å². The average molecular weight is 237 g/mol. The molecule has 0 aliphatic carbocycles. The van der Waals surface area contributed by atoms with E-state index < -0.39 is 0 Å². The van der Waals surface area contributed by atoms with Gasteiger partial charge in [-0.25, -0.2) is 9.18 Å². The van der Waals surface area contributed by atoms with E-state index in [4.69, 9.17) is 0 Å². The standard InChI is InChI=1S/C12H16FN3O/c13-9-1-3-10(4-2-9)15-12(17)16-11-5-7-14-8-6-11/h1-4,11,14H,5-8H2,(H2,15,16,17). The Hall–Kier alpha value is -1.62. The first-order valence-corrected chi connectivity index (χ1v) is 5.78. The van der Waals surface area contributed by atoms with E-state index in [9.17, 15) is 9.18 Å². The minimum Gasteiger partial charge on any atom is -0.335 e. The number of carbonyl (C=O) groups is 1. The quantitative estimate of drug-likeness (QED) is 0.733. The van der Waals surface area contributed by atoms with Gasteiger partial charge in [0.05, 0.1) is 0 Å². The van der Waals surface area contributed by atoms with Gasteiger partial charge in [0.25, 0.3) is 0 Å². The largest absolute Gasteiger partial charge is 0.335 e. The predicted octanol–water partition coefficient (Wildman–Crippen LogP) is 1.70. The highest BCUT2D eigenvalue weighted by Gasteiger charge is 2.14. The molecule has 2 rings (SSSR count). The van der Waals surface area contributed by atoms with Crippen molar-refractivity contribution in [1.82, 2.24) is 10.6 Å². The molecule has 1 heterocycles. The lowest BCUT2D eigenvalue weighted by atomic mass is 10.1. The zero-order valence-corrected chi connectivity index (χ0v) is 9.50. The summed E-state index contributed by atoms with van der Waals surface area (Å²) in [7, 11) is 0. The molecular formula is C12H16FN3O. The predicted molar refractivity (Wildman–Crippen MR) is 64.4 cm³/mol. The van der Waals surface area contributed by atoms with Crippen LogP contribution < -0.4 is 16.0 Å². The lowest BCUT2D eigenvalue weighted by Crippen LogP contribution is -2.44. The Bertz CT molecular complexity index is 374. The zero-order valence-electron chi connectivity index (χ0n) is 9.50. The van der Waals surface area contributed by atoms with Gasteiger partial charge >= 0.3 is 6.03 Å². The van der Waals surface area contributed by atoms with Crippen LogP contribution in [0.4, 0.5) is 14.9 Å². The summed E-state index contributed by atoms with van der Waals surface area (Å²) in [5, 5.41) is 8.81. The summed E-state index contributed by atoms with van der Waals surface area (Å²) in [4.78, 5) is 11.6. The Labute approximate surface area is 99.6 Å². The first-order chi connectivity index (χ1) is 8.24. The summed E-state index contributed by atoms with van der Waals surface area (Å²) in [5.41, 5.74) is 0.595. The van der Waals surface area contributed by atoms with E-state index in [1.54, 1.807) is 0 Å². The molecule has 1 aliphatic heterocycles. The number of rotatable bonds is 2. The highest BCUT2D eigenvalue weighted by molar-refractivity contribution is 5.89. The minimum atomic E-state index is -0.311. The van der Waals surface area contributed by atoms with Crippen molar-refractivity contribution >= 4 is 11.7 Å². The van der Waals surface area contributed by atoms with E-state index in [1.165, 1.54) is 24.3 Å². The van der Waals surface area contributed by atoms with Crippen LogP contribution in [0.1, 0.15) is 12.8 Å². The highest BCUT2D eigenvalue weighted by atomic mass is 19.1. The number of hydrogen-bond acceptors (Lipinski definition) is 2. The Morgan fingerprint density at radius 1 is 1.24 bits per heavy atom. The number of amides is 2. The van der Waals surface area contributed by atoms with Crippen LogP contribution in [-0.2, 0) is 0 Å². The van der Waals surface area contributed by atoms with Crippen LogP contribution in [0.15, 0.2) is 24.3 Å². The summed E-state index contributed by atoms with van der Waals surface area (Å²) in [5.74, 6) is -0.311. The van der Waals surface area contributed by atoms with E-state index in [-0.39, 0.29) is 17.9 Å². The van der Waals surface area contributed by atoms with Gasteiger partial charge in [0, 0.05) is 11.7 Å². The molecule has 1 aromatic rings. The molecular weight excluding hydrogens is 221 g/mol. The van der Waals surface area contributed by atoms with E-state index in [1.807, 2.05) is 0 Å². The third kappa shape index (κ3) is 3.71. The van der Waals surface area contributed by atoms with Crippen LogP contribution in [0.3, 0.4) is 0 Å². The van der Waals surface area contributed by atoms with Crippen LogP contribution in [0, 0.1) is 5.82 Å². The molecule has 4 nitrogen and oxygen atoms in total. The third-order valence-electron chi connectivity index (χ3n) is 2.78. The summed E-state index contributed by atoms with van der Waals surface area (Å²) in [6.45, 7) is 1.86. The van der Waals surface area contributed by atoms with Crippen LogP contribution in [0.25, 0.3) is 0 Å². The molecule has 0 aromatic heterocycles. The molecule has 0 atom stereocenters. The molecule has 1 aliphatic rings. The fourth-order valence-corrected chi connectivity index (χ4v) is 1.85. The van der Waals surface area contributed by atoms with Gasteiger partial charge in [0.1, 0.15) is 5.82 Å². The molecule has 1 saturated heterocycles. The van der Waals surface area contributed by atoms with Gasteiger partial charge < -0.3 is 16.0 Å². The van der Waals surface area contributed by atoms with Gasteiger partial charge in [-0.1, -0.05) is 0 Å². The number of hydrogen-bond donors (Lipinski definition) is 3. The molecule has 0 spiro atoms. The monoisotopic (exact) mass is 237 g/mol. The molecule has 0 bridgehead atoms. The average Bonchev–Trinajstić information content (AvgIpc) is 2.33. The molecule has 0 saturated carbocycles. The second-order valence-corrected chi connectivity index (χ2v) is 4.13. The van der Waals surface area contributed by atoms with Crippen molar-refractivity contribution < 1.29 is 9.18 Å². The van der Waals surface area contributed by atoms with Gasteiger partial charge in [-0.2, -0.15) is 0 Å². The van der Waals surface area contributed by atoms with Gasteiger partial charge in [0.15, 0.2) is 0 Å². The first-order valence-electron chi connectivity index (χ1n) is 5.78. The summed E-state index contributed by atoms with van der Waals surface area (Å²) in [6.07, 6.45) is 1.88. The van der Waals surface area contributed by atoms with Crippen molar-refractivity contribution in [2.24, 2.45) is 0 Å². The van der Waals surface area contributed by atoms with Gasteiger partial charge in [-0.05, 0) is 50.2 Å². The second kappa shape index (κ2) is 5.63. The molecule has 17 heavy (non-hydrogen) atoms. The summed E-state index contributed by atoms with van der Waals surface area (Å²) in [6, 6.07) is 5.70. The number of carbonyl (C=O) groups excluding carboxylic acids is 1. The van der Waals surface area contributed by atoms with Crippen LogP contribution >= 0.6 is 0 Å². The number of halogens is 1. The lowest BCUT2D eigenvalue weighted by Gasteiger charge is -2.23. The van der Waals surface area contributed by atoms with Crippen molar-refractivity contribution in [1.29, 1.82) is 0 Å². The molecule has 0 unspecified atom stereocenters. The smallest absolute Gasteiger partial charge is 0.319 e. The third-order valence-corrected chi connectivity index (χ3v) is 2.78. The van der Waals surface area contributed by atoms with Crippen molar-refractivity contribution in [2.45, 2.75) is 18.9 Å². The van der Waals surface area contributed by atoms with E-state index >= 15 is 0 Å². The van der Waals surface area contributed by atoms with Gasteiger partial charge in [-0.15, -0.1) is 0 Å². The molecule has 3 N–H and O–H groups in total. The van der Waals surface area contributed by atoms with Crippen molar-refractivity contribution in [3.8, 4) is 0 Å². The van der Waals surface area contributed by atoms with Gasteiger partial charge in [-0.3, -0.25) is 0 Å². The number of piperidine rings is 1. The topological polar surface area (TPSA) is 53.2 Å². The molecule has 5 heteroatoms. The maximum atomic E-state index is 12.7. The molecule has 92 valence electrons. The minimum absolute atomic E-state index is 0.219. The number of nitrogens with one attached hydrogen (secondary N) is 3. The first kappa shape index (κ1) is 11.9. The van der Waals surface area contributed by atoms with Crippen LogP contribution in [-0.4, -0.2) is 25.2 Å². The van der Waals surface area contributed by atoms with Crippen molar-refractivity contribution in [3.05, 3.63) is 30.1 Å². The molecule has 1 aromatic carbocycles. The normalized spacial score (nSPS) is 16.5. The molecule has 0 radical (unpaired) electrons. The highest BCUT2D eigenvalue weighted by Crippen LogP contribution is 2.08. The number of benzene rings is 1. The Balaban J connectivity index is 1.82. The van der Waals surface area contributed by atoms with Crippen LogP contribution in [0.2, 0.25) is 0 Å². The number of anilines is 1. The Kier molecular flexibility index (Phi) is 3.93. The van der Waals surface area contributed by atoms with Crippen molar-refractivity contribution in [2.75, 3.05) is 18.4 Å². The fraction of sp³-hybridized carbons (Fsp3) is 0.417. The number of urea groups is 1. The van der Waals surface area contributed by atoms with Crippen molar-refractivity contribution in [3.63, 3.8) is 0 Å². The summed E-state index contributed by atoms with van der Waals surface area (Å²) >= 11 is 0. The van der Waals surface area contributed by atoms with E-state index in [2.05, 4.69) is 16.0 Å². The lowest BCUT2D eigenvalue weighted by molar-refractivity contribution is 0.245. The maximum absolute atomic E-state index is 12.7. The summed E-state index contributed by atoms with van der Waals surface area (Å²) < 4.78 is 12.7. The van der Waals surface area contributed by atoms with Gasteiger partial charge in [0.2, 0.25) is 0 Å². The second-order valence-electron chi connectivity index (χ2n) is 4.13. The Morgan fingerprint density at radius 2 is 1.88 bits per heavy atom. The maximum Gasteiger partial charge on any atom is 0.319 e.